The summed E-state index contributed by atoms with van der Waals surface area (Å²) in [5.74, 6) is 0. The second kappa shape index (κ2) is 5.83. The van der Waals surface area contributed by atoms with Crippen LogP contribution in [0.3, 0.4) is 0 Å². The van der Waals surface area contributed by atoms with Crippen molar-refractivity contribution in [3.8, 4) is 0 Å². The van der Waals surface area contributed by atoms with Crippen molar-refractivity contribution in [1.29, 1.82) is 0 Å². The van der Waals surface area contributed by atoms with Crippen molar-refractivity contribution in [3.63, 3.8) is 0 Å². The van der Waals surface area contributed by atoms with Gasteiger partial charge in [-0.1, -0.05) is 6.42 Å². The predicted octanol–water partition coefficient (Wildman–Crippen LogP) is 3.77. The molecule has 96 valence electrons. The summed E-state index contributed by atoms with van der Waals surface area (Å²) in [5.41, 5.74) is 7.78. The van der Waals surface area contributed by atoms with Gasteiger partial charge in [0.15, 0.2) is 0 Å². The first-order valence-corrected chi connectivity index (χ1v) is 8.07. The molecule has 1 aromatic rings. The van der Waals surface area contributed by atoms with Crippen LogP contribution in [0.15, 0.2) is 15.2 Å². The lowest BCUT2D eigenvalue weighted by atomic mass is 9.98. The summed E-state index contributed by atoms with van der Waals surface area (Å²) in [4.78, 5) is 2.56. The van der Waals surface area contributed by atoms with Gasteiger partial charge >= 0.3 is 0 Å². The lowest BCUT2D eigenvalue weighted by molar-refractivity contribution is 0.144. The van der Waals surface area contributed by atoms with Crippen LogP contribution in [-0.4, -0.2) is 23.5 Å². The SMILES string of the molecule is CC(C)N1CCCCC(N)C1c1cscc1Br. The van der Waals surface area contributed by atoms with E-state index in [1.54, 1.807) is 11.3 Å². The van der Waals surface area contributed by atoms with Crippen molar-refractivity contribution >= 4 is 27.3 Å². The molecule has 2 atom stereocenters. The van der Waals surface area contributed by atoms with Gasteiger partial charge in [0.25, 0.3) is 0 Å². The van der Waals surface area contributed by atoms with E-state index in [1.807, 2.05) is 0 Å². The second-order valence-corrected chi connectivity index (χ2v) is 6.71. The van der Waals surface area contributed by atoms with Gasteiger partial charge in [-0.05, 0) is 60.1 Å². The Morgan fingerprint density at radius 2 is 2.18 bits per heavy atom. The molecule has 2 rings (SSSR count). The number of thiophene rings is 1. The second-order valence-electron chi connectivity index (χ2n) is 5.11. The Bertz CT molecular complexity index is 364. The molecule has 0 aliphatic carbocycles. The molecule has 17 heavy (non-hydrogen) atoms. The maximum absolute atomic E-state index is 6.41. The maximum atomic E-state index is 6.41. The standard InChI is InChI=1S/C13H21BrN2S/c1-9(2)16-6-4-3-5-12(15)13(16)10-7-17-8-11(10)14/h7-9,12-13H,3-6,15H2,1-2H3. The minimum absolute atomic E-state index is 0.255. The lowest BCUT2D eigenvalue weighted by Crippen LogP contribution is -2.43. The van der Waals surface area contributed by atoms with Gasteiger partial charge in [-0.25, -0.2) is 0 Å². The van der Waals surface area contributed by atoms with E-state index in [0.717, 1.165) is 6.42 Å². The van der Waals surface area contributed by atoms with E-state index in [0.29, 0.717) is 12.1 Å². The van der Waals surface area contributed by atoms with Crippen molar-refractivity contribution in [1.82, 2.24) is 4.90 Å². The molecule has 2 N–H and O–H groups in total. The highest BCUT2D eigenvalue weighted by Gasteiger charge is 2.31. The summed E-state index contributed by atoms with van der Waals surface area (Å²) in [6.07, 6.45) is 3.66. The van der Waals surface area contributed by atoms with Crippen LogP contribution in [0, 0.1) is 0 Å². The fraction of sp³-hybridized carbons (Fsp3) is 0.692. The first-order valence-electron chi connectivity index (χ1n) is 6.34. The van der Waals surface area contributed by atoms with Crippen molar-refractivity contribution < 1.29 is 0 Å². The van der Waals surface area contributed by atoms with E-state index in [1.165, 1.54) is 29.4 Å². The zero-order chi connectivity index (χ0) is 12.4. The monoisotopic (exact) mass is 316 g/mol. The number of hydrogen-bond acceptors (Lipinski definition) is 3. The van der Waals surface area contributed by atoms with Crippen molar-refractivity contribution in [2.45, 2.75) is 51.2 Å². The van der Waals surface area contributed by atoms with E-state index >= 15 is 0 Å². The predicted molar refractivity (Wildman–Crippen MR) is 78.4 cm³/mol. The van der Waals surface area contributed by atoms with E-state index in [4.69, 9.17) is 5.73 Å². The molecule has 4 heteroatoms. The van der Waals surface area contributed by atoms with Gasteiger partial charge in [0.1, 0.15) is 0 Å². The van der Waals surface area contributed by atoms with Crippen LogP contribution in [0.2, 0.25) is 0 Å². The molecule has 0 amide bonds. The van der Waals surface area contributed by atoms with Crippen molar-refractivity contribution in [2.24, 2.45) is 5.73 Å². The minimum atomic E-state index is 0.255. The molecule has 1 aliphatic rings. The molecule has 0 aromatic carbocycles. The quantitative estimate of drug-likeness (QED) is 0.899. The molecular weight excluding hydrogens is 296 g/mol. The summed E-state index contributed by atoms with van der Waals surface area (Å²) in [5, 5.41) is 4.40. The van der Waals surface area contributed by atoms with Gasteiger partial charge in [-0.3, -0.25) is 4.90 Å². The smallest absolute Gasteiger partial charge is 0.0521 e. The van der Waals surface area contributed by atoms with Crippen molar-refractivity contribution in [3.05, 3.63) is 20.8 Å². The molecular formula is C13H21BrN2S. The normalized spacial score (nSPS) is 27.4. The Kier molecular flexibility index (Phi) is 4.64. The highest BCUT2D eigenvalue weighted by atomic mass is 79.9. The maximum Gasteiger partial charge on any atom is 0.0521 e. The number of hydrogen-bond donors (Lipinski definition) is 1. The van der Waals surface area contributed by atoms with Crippen molar-refractivity contribution in [2.75, 3.05) is 6.54 Å². The molecule has 1 aliphatic heterocycles. The Balaban J connectivity index is 2.33. The van der Waals surface area contributed by atoms with Gasteiger partial charge in [-0.15, -0.1) is 0 Å². The van der Waals surface area contributed by atoms with Gasteiger partial charge in [0.05, 0.1) is 6.04 Å². The third-order valence-electron chi connectivity index (χ3n) is 3.59. The molecule has 1 aromatic heterocycles. The van der Waals surface area contributed by atoms with E-state index in [2.05, 4.69) is 45.4 Å². The summed E-state index contributed by atoms with van der Waals surface area (Å²) < 4.78 is 1.22. The number of likely N-dealkylation sites (tertiary alicyclic amines) is 1. The van der Waals surface area contributed by atoms with Gasteiger partial charge in [0, 0.05) is 21.9 Å². The molecule has 2 unspecified atom stereocenters. The summed E-state index contributed by atoms with van der Waals surface area (Å²) in [6.45, 7) is 5.70. The Morgan fingerprint density at radius 3 is 2.76 bits per heavy atom. The molecule has 1 fully saturated rings. The molecule has 0 spiro atoms. The molecule has 0 radical (unpaired) electrons. The van der Waals surface area contributed by atoms with Gasteiger partial charge in [0.2, 0.25) is 0 Å². The number of rotatable bonds is 2. The Labute approximate surface area is 116 Å². The zero-order valence-corrected chi connectivity index (χ0v) is 12.9. The Hall–Kier alpha value is 0.100. The number of halogens is 1. The van der Waals surface area contributed by atoms with Gasteiger partial charge in [-0.2, -0.15) is 11.3 Å². The molecule has 1 saturated heterocycles. The lowest BCUT2D eigenvalue weighted by Gasteiger charge is -2.36. The average molecular weight is 317 g/mol. The zero-order valence-electron chi connectivity index (χ0n) is 10.5. The third-order valence-corrected chi connectivity index (χ3v) is 5.34. The average Bonchev–Trinajstić information content (AvgIpc) is 2.58. The molecule has 2 heterocycles. The fourth-order valence-corrected chi connectivity index (χ4v) is 4.27. The third kappa shape index (κ3) is 2.92. The van der Waals surface area contributed by atoms with E-state index in [9.17, 15) is 0 Å². The van der Waals surface area contributed by atoms with Crippen LogP contribution in [0.4, 0.5) is 0 Å². The molecule has 0 saturated carbocycles. The van der Waals surface area contributed by atoms with Crippen LogP contribution in [-0.2, 0) is 0 Å². The largest absolute Gasteiger partial charge is 0.326 e. The number of nitrogens with zero attached hydrogens (tertiary/aromatic N) is 1. The van der Waals surface area contributed by atoms with E-state index < -0.39 is 0 Å². The van der Waals surface area contributed by atoms with Crippen LogP contribution >= 0.6 is 27.3 Å². The summed E-state index contributed by atoms with van der Waals surface area (Å²) in [7, 11) is 0. The van der Waals surface area contributed by atoms with Crippen LogP contribution in [0.5, 0.6) is 0 Å². The van der Waals surface area contributed by atoms with Gasteiger partial charge < -0.3 is 5.73 Å². The Morgan fingerprint density at radius 1 is 1.41 bits per heavy atom. The first-order chi connectivity index (χ1) is 8.11. The molecule has 0 bridgehead atoms. The molecule has 2 nitrogen and oxygen atoms in total. The fourth-order valence-electron chi connectivity index (χ4n) is 2.71. The number of nitrogens with two attached hydrogens (primary N) is 1. The summed E-state index contributed by atoms with van der Waals surface area (Å²) in [6, 6.07) is 1.18. The van der Waals surface area contributed by atoms with Crippen LogP contribution in [0.1, 0.15) is 44.7 Å². The highest BCUT2D eigenvalue weighted by Crippen LogP contribution is 2.36. The summed E-state index contributed by atoms with van der Waals surface area (Å²) >= 11 is 5.41. The first kappa shape index (κ1) is 13.5. The van der Waals surface area contributed by atoms with E-state index in [-0.39, 0.29) is 6.04 Å². The van der Waals surface area contributed by atoms with Crippen LogP contribution in [0.25, 0.3) is 0 Å². The topological polar surface area (TPSA) is 29.3 Å². The minimum Gasteiger partial charge on any atom is -0.326 e. The van der Waals surface area contributed by atoms with Crippen LogP contribution < -0.4 is 5.73 Å². The highest BCUT2D eigenvalue weighted by molar-refractivity contribution is 9.10.